The SMILES string of the molecule is c1ccc(N2B3c4ccccc4Oc4cc(-c5cccc(-n6c7ccccc7c7ccccc76)c5)cc(c43)-c3cc(-c4ccccc4-c4ccc5c(c4)oc4ccccc45)ccc32)cc1. The monoisotopic (exact) mass is 828 g/mol. The first kappa shape index (κ1) is 36.0. The third-order valence-corrected chi connectivity index (χ3v) is 13.6. The third-order valence-electron chi connectivity index (χ3n) is 13.6. The van der Waals surface area contributed by atoms with E-state index in [0.29, 0.717) is 0 Å². The van der Waals surface area contributed by atoms with Gasteiger partial charge in [0.25, 0.3) is 0 Å². The predicted molar refractivity (Wildman–Crippen MR) is 270 cm³/mol. The van der Waals surface area contributed by atoms with Gasteiger partial charge in [0.2, 0.25) is 0 Å². The molecule has 0 radical (unpaired) electrons. The van der Waals surface area contributed by atoms with E-state index >= 15 is 0 Å². The maximum Gasteiger partial charge on any atom is 0.336 e. The van der Waals surface area contributed by atoms with Gasteiger partial charge in [-0.1, -0.05) is 140 Å². The third kappa shape index (κ3) is 5.46. The number of rotatable bonds is 5. The van der Waals surface area contributed by atoms with Gasteiger partial charge in [0, 0.05) is 49.6 Å². The highest BCUT2D eigenvalue weighted by Crippen LogP contribution is 2.48. The molecule has 4 nitrogen and oxygen atoms in total. The molecule has 302 valence electrons. The zero-order chi connectivity index (χ0) is 42.6. The Morgan fingerprint density at radius 2 is 0.985 bits per heavy atom. The lowest BCUT2D eigenvalue weighted by atomic mass is 9.44. The summed E-state index contributed by atoms with van der Waals surface area (Å²) in [5, 5.41) is 4.75. The molecule has 14 rings (SSSR count). The molecule has 0 aliphatic carbocycles. The van der Waals surface area contributed by atoms with Crippen molar-refractivity contribution in [2.24, 2.45) is 0 Å². The van der Waals surface area contributed by atoms with E-state index in [1.54, 1.807) is 0 Å². The van der Waals surface area contributed by atoms with Crippen molar-refractivity contribution in [3.8, 4) is 61.7 Å². The molecular weight excluding hydrogens is 791 g/mol. The lowest BCUT2D eigenvalue weighted by molar-refractivity contribution is 0.487. The van der Waals surface area contributed by atoms with Crippen LogP contribution in [0.25, 0.3) is 93.9 Å². The molecule has 0 spiro atoms. The molecule has 10 aromatic carbocycles. The van der Waals surface area contributed by atoms with Gasteiger partial charge < -0.3 is 18.5 Å². The molecule has 4 heterocycles. The van der Waals surface area contributed by atoms with Crippen molar-refractivity contribution in [3.05, 3.63) is 224 Å². The predicted octanol–water partition coefficient (Wildman–Crippen LogP) is 14.7. The topological polar surface area (TPSA) is 30.5 Å². The van der Waals surface area contributed by atoms with Crippen LogP contribution in [0, 0.1) is 0 Å². The van der Waals surface area contributed by atoms with Gasteiger partial charge in [0.05, 0.1) is 11.0 Å². The van der Waals surface area contributed by atoms with Crippen LogP contribution in [0.15, 0.2) is 229 Å². The molecule has 2 aliphatic rings. The molecule has 0 saturated heterocycles. The maximum absolute atomic E-state index is 7.01. The minimum Gasteiger partial charge on any atom is -0.458 e. The Hall–Kier alpha value is -8.54. The Morgan fingerprint density at radius 1 is 0.354 bits per heavy atom. The van der Waals surface area contributed by atoms with Gasteiger partial charge in [-0.15, -0.1) is 0 Å². The van der Waals surface area contributed by atoms with Crippen LogP contribution >= 0.6 is 0 Å². The summed E-state index contributed by atoms with van der Waals surface area (Å²) in [6.07, 6.45) is 0. The van der Waals surface area contributed by atoms with Crippen molar-refractivity contribution in [2.45, 2.75) is 0 Å². The molecule has 0 bridgehead atoms. The van der Waals surface area contributed by atoms with Crippen molar-refractivity contribution in [1.82, 2.24) is 4.57 Å². The maximum atomic E-state index is 7.01. The zero-order valence-corrected chi connectivity index (χ0v) is 35.2. The first-order valence-corrected chi connectivity index (χ1v) is 22.3. The molecule has 65 heavy (non-hydrogen) atoms. The number of hydrogen-bond acceptors (Lipinski definition) is 3. The smallest absolute Gasteiger partial charge is 0.336 e. The number of aromatic nitrogens is 1. The molecule has 5 heteroatoms. The van der Waals surface area contributed by atoms with E-state index in [-0.39, 0.29) is 6.85 Å². The minimum absolute atomic E-state index is 0.105. The van der Waals surface area contributed by atoms with E-state index < -0.39 is 0 Å². The molecule has 12 aromatic rings. The standard InChI is InChI=1S/C60H37BN2O2/c1-2-16-42(17-3-1)63-55-32-30-39(44-19-4-5-20-45(44)40-29-31-49-48-23-8-12-27-56(48)64-58(49)36-40)34-50(55)51-35-41(37-59-60(51)61(63)52-24-9-13-28-57(52)65-59)38-15-14-18-43(33-38)62-53-25-10-6-21-46(53)47-22-7-11-26-54(47)62/h1-37H. The van der Waals surface area contributed by atoms with Gasteiger partial charge >= 0.3 is 6.85 Å². The molecule has 0 N–H and O–H groups in total. The number of fused-ring (bicyclic) bond motifs is 10. The number of anilines is 2. The molecule has 0 unspecified atom stereocenters. The fourth-order valence-electron chi connectivity index (χ4n) is 10.8. The Bertz CT molecular complexity index is 3850. The minimum atomic E-state index is -0.105. The second kappa shape index (κ2) is 14.0. The van der Waals surface area contributed by atoms with Crippen LogP contribution in [0.1, 0.15) is 0 Å². The molecule has 0 atom stereocenters. The molecular formula is C60H37BN2O2. The first-order valence-electron chi connectivity index (χ1n) is 22.3. The number of ether oxygens (including phenoxy) is 1. The zero-order valence-electron chi connectivity index (χ0n) is 35.2. The van der Waals surface area contributed by atoms with Gasteiger partial charge in [-0.25, -0.2) is 0 Å². The second-order valence-corrected chi connectivity index (χ2v) is 17.2. The van der Waals surface area contributed by atoms with Gasteiger partial charge in [0.15, 0.2) is 0 Å². The van der Waals surface area contributed by atoms with Crippen LogP contribution in [-0.2, 0) is 0 Å². The molecule has 2 aliphatic heterocycles. The lowest BCUT2D eigenvalue weighted by Crippen LogP contribution is -2.59. The highest BCUT2D eigenvalue weighted by atomic mass is 16.5. The van der Waals surface area contributed by atoms with E-state index in [1.165, 1.54) is 32.8 Å². The Kier molecular flexibility index (Phi) is 7.75. The van der Waals surface area contributed by atoms with Crippen molar-refractivity contribution >= 4 is 72.9 Å². The Morgan fingerprint density at radius 3 is 1.80 bits per heavy atom. The van der Waals surface area contributed by atoms with Crippen LogP contribution in [0.4, 0.5) is 11.4 Å². The summed E-state index contributed by atoms with van der Waals surface area (Å²) in [7, 11) is 0. The van der Waals surface area contributed by atoms with E-state index in [2.05, 4.69) is 222 Å². The summed E-state index contributed by atoms with van der Waals surface area (Å²) in [5.41, 5.74) is 19.0. The van der Waals surface area contributed by atoms with Gasteiger partial charge in [-0.2, -0.15) is 0 Å². The molecule has 0 amide bonds. The van der Waals surface area contributed by atoms with Crippen molar-refractivity contribution in [1.29, 1.82) is 0 Å². The van der Waals surface area contributed by atoms with Crippen LogP contribution in [0.2, 0.25) is 0 Å². The first-order chi connectivity index (χ1) is 32.2. The number of benzene rings is 10. The second-order valence-electron chi connectivity index (χ2n) is 17.2. The van der Waals surface area contributed by atoms with Gasteiger partial charge in [-0.3, -0.25) is 0 Å². The summed E-state index contributed by atoms with van der Waals surface area (Å²) in [4.78, 5) is 2.51. The number of nitrogens with zero attached hydrogens (tertiary/aromatic N) is 2. The lowest BCUT2D eigenvalue weighted by Gasteiger charge is -2.42. The van der Waals surface area contributed by atoms with Gasteiger partial charge in [0.1, 0.15) is 22.7 Å². The normalized spacial score (nSPS) is 12.7. The largest absolute Gasteiger partial charge is 0.458 e. The van der Waals surface area contributed by atoms with Crippen molar-refractivity contribution < 1.29 is 9.15 Å². The Labute approximate surface area is 375 Å². The average Bonchev–Trinajstić information content (AvgIpc) is 3.92. The highest BCUT2D eigenvalue weighted by Gasteiger charge is 2.44. The number of hydrogen-bond donors (Lipinski definition) is 0. The van der Waals surface area contributed by atoms with Crippen molar-refractivity contribution in [3.63, 3.8) is 0 Å². The van der Waals surface area contributed by atoms with E-state index in [9.17, 15) is 0 Å². The summed E-state index contributed by atoms with van der Waals surface area (Å²) >= 11 is 0. The van der Waals surface area contributed by atoms with Crippen molar-refractivity contribution in [2.75, 3.05) is 4.81 Å². The van der Waals surface area contributed by atoms with Crippen LogP contribution in [0.3, 0.4) is 0 Å². The van der Waals surface area contributed by atoms with Gasteiger partial charge in [-0.05, 0) is 129 Å². The van der Waals surface area contributed by atoms with Crippen LogP contribution in [0.5, 0.6) is 11.5 Å². The van der Waals surface area contributed by atoms with E-state index in [4.69, 9.17) is 9.15 Å². The molecule has 0 fully saturated rings. The fourth-order valence-corrected chi connectivity index (χ4v) is 10.8. The Balaban J connectivity index is 0.982. The molecule has 2 aromatic heterocycles. The summed E-state index contributed by atoms with van der Waals surface area (Å²) < 4.78 is 15.8. The highest BCUT2D eigenvalue weighted by molar-refractivity contribution is 6.92. The van der Waals surface area contributed by atoms with E-state index in [1.807, 2.05) is 12.1 Å². The summed E-state index contributed by atoms with van der Waals surface area (Å²) in [5.74, 6) is 1.75. The van der Waals surface area contributed by atoms with Crippen LogP contribution < -0.4 is 20.5 Å². The summed E-state index contributed by atoms with van der Waals surface area (Å²) in [6.45, 7) is -0.105. The quantitative estimate of drug-likeness (QED) is 0.162. The van der Waals surface area contributed by atoms with E-state index in [0.717, 1.165) is 94.9 Å². The average molecular weight is 829 g/mol. The fraction of sp³-hybridized carbons (Fsp3) is 0. The molecule has 0 saturated carbocycles. The van der Waals surface area contributed by atoms with Crippen LogP contribution in [-0.4, -0.2) is 11.4 Å². The summed E-state index contributed by atoms with van der Waals surface area (Å²) in [6, 6.07) is 81.0. The number of furan rings is 1. The number of para-hydroxylation sites is 5.